The van der Waals surface area contributed by atoms with Crippen molar-refractivity contribution in [2.24, 2.45) is 0 Å². The molecule has 0 aromatic heterocycles. The molecule has 0 bridgehead atoms. The third kappa shape index (κ3) is 1.20. The molecule has 2 heteroatoms. The topological polar surface area (TPSA) is 38.0 Å². The fraction of sp³-hybridized carbons (Fsp3) is 0.0909. The molecule has 0 aliphatic rings. The maximum atomic E-state index is 5.85. The van der Waals surface area contributed by atoms with Gasteiger partial charge in [0.05, 0.1) is 0 Å². The molecule has 0 spiro atoms. The lowest BCUT2D eigenvalue weighted by Crippen LogP contribution is -1.92. The van der Waals surface area contributed by atoms with Gasteiger partial charge in [-0.3, -0.25) is 0 Å². The van der Waals surface area contributed by atoms with E-state index in [1.807, 2.05) is 37.4 Å². The number of nitrogens with one attached hydrogen (secondary N) is 1. The van der Waals surface area contributed by atoms with E-state index in [0.29, 0.717) is 0 Å². The first-order valence-electron chi connectivity index (χ1n) is 4.28. The molecule has 0 radical (unpaired) electrons. The maximum absolute atomic E-state index is 5.85. The Labute approximate surface area is 77.4 Å². The normalized spacial score (nSPS) is 10.2. The van der Waals surface area contributed by atoms with Gasteiger partial charge in [-0.25, -0.2) is 0 Å². The van der Waals surface area contributed by atoms with E-state index in [0.717, 1.165) is 16.8 Å². The van der Waals surface area contributed by atoms with Gasteiger partial charge in [0.2, 0.25) is 0 Å². The Bertz CT molecular complexity index is 435. The summed E-state index contributed by atoms with van der Waals surface area (Å²) in [7, 11) is 1.91. The van der Waals surface area contributed by atoms with Gasteiger partial charge in [0, 0.05) is 29.2 Å². The van der Waals surface area contributed by atoms with Crippen molar-refractivity contribution in [3.63, 3.8) is 0 Å². The fourth-order valence-electron chi connectivity index (χ4n) is 1.54. The first-order chi connectivity index (χ1) is 6.33. The van der Waals surface area contributed by atoms with Gasteiger partial charge in [0.25, 0.3) is 0 Å². The summed E-state index contributed by atoms with van der Waals surface area (Å²) in [6, 6.07) is 12.0. The van der Waals surface area contributed by atoms with Crippen LogP contribution in [0.4, 0.5) is 11.4 Å². The molecule has 0 heterocycles. The molecule has 0 aliphatic heterocycles. The number of benzene rings is 2. The molecule has 2 nitrogen and oxygen atoms in total. The predicted octanol–water partition coefficient (Wildman–Crippen LogP) is 2.46. The van der Waals surface area contributed by atoms with E-state index in [1.54, 1.807) is 0 Å². The molecular weight excluding hydrogens is 160 g/mol. The zero-order valence-corrected chi connectivity index (χ0v) is 7.54. The van der Waals surface area contributed by atoms with Gasteiger partial charge < -0.3 is 11.1 Å². The molecule has 66 valence electrons. The summed E-state index contributed by atoms with van der Waals surface area (Å²) in [5.41, 5.74) is 7.80. The van der Waals surface area contributed by atoms with Crippen LogP contribution in [0.2, 0.25) is 0 Å². The van der Waals surface area contributed by atoms with Gasteiger partial charge in [-0.2, -0.15) is 0 Å². The molecule has 2 rings (SSSR count). The fourth-order valence-corrected chi connectivity index (χ4v) is 1.54. The smallest absolute Gasteiger partial charge is 0.0418 e. The minimum atomic E-state index is 0.828. The Kier molecular flexibility index (Phi) is 1.81. The first-order valence-corrected chi connectivity index (χ1v) is 4.28. The summed E-state index contributed by atoms with van der Waals surface area (Å²) in [6.07, 6.45) is 0. The number of rotatable bonds is 1. The number of hydrogen-bond donors (Lipinski definition) is 2. The monoisotopic (exact) mass is 172 g/mol. The van der Waals surface area contributed by atoms with Gasteiger partial charge in [0.15, 0.2) is 0 Å². The lowest BCUT2D eigenvalue weighted by atomic mass is 10.1. The lowest BCUT2D eigenvalue weighted by molar-refractivity contribution is 1.54. The highest BCUT2D eigenvalue weighted by Crippen LogP contribution is 2.27. The summed E-state index contributed by atoms with van der Waals surface area (Å²) in [5, 5.41) is 5.42. The average Bonchev–Trinajstić information content (AvgIpc) is 2.19. The Morgan fingerprint density at radius 1 is 1.00 bits per heavy atom. The van der Waals surface area contributed by atoms with Crippen LogP contribution in [0.25, 0.3) is 10.8 Å². The molecule has 2 aromatic carbocycles. The van der Waals surface area contributed by atoms with E-state index in [4.69, 9.17) is 5.73 Å². The Morgan fingerprint density at radius 2 is 1.69 bits per heavy atom. The van der Waals surface area contributed by atoms with E-state index in [1.165, 1.54) is 5.39 Å². The van der Waals surface area contributed by atoms with Crippen LogP contribution in [0.1, 0.15) is 0 Å². The Balaban J connectivity index is 2.84. The van der Waals surface area contributed by atoms with Crippen molar-refractivity contribution in [3.05, 3.63) is 36.4 Å². The van der Waals surface area contributed by atoms with Gasteiger partial charge in [-0.05, 0) is 12.1 Å². The molecule has 0 saturated heterocycles. The number of anilines is 2. The van der Waals surface area contributed by atoms with E-state index in [-0.39, 0.29) is 0 Å². The van der Waals surface area contributed by atoms with Crippen molar-refractivity contribution < 1.29 is 0 Å². The molecule has 0 aliphatic carbocycles. The standard InChI is InChI=1S/C11H12N2/c1-13-11-7-6-10(12)8-4-2-3-5-9(8)11/h2-7,13H,12H2,1H3. The number of hydrogen-bond acceptors (Lipinski definition) is 2. The summed E-state index contributed by atoms with van der Waals surface area (Å²) >= 11 is 0. The van der Waals surface area contributed by atoms with Gasteiger partial charge in [-0.1, -0.05) is 24.3 Å². The van der Waals surface area contributed by atoms with E-state index >= 15 is 0 Å². The second-order valence-electron chi connectivity index (χ2n) is 3.00. The highest BCUT2D eigenvalue weighted by molar-refractivity contribution is 6.00. The van der Waals surface area contributed by atoms with Gasteiger partial charge in [0.1, 0.15) is 0 Å². The van der Waals surface area contributed by atoms with E-state index in [2.05, 4.69) is 11.4 Å². The van der Waals surface area contributed by atoms with Crippen molar-refractivity contribution in [1.29, 1.82) is 0 Å². The highest BCUT2D eigenvalue weighted by atomic mass is 14.8. The van der Waals surface area contributed by atoms with Crippen molar-refractivity contribution in [3.8, 4) is 0 Å². The third-order valence-corrected chi connectivity index (χ3v) is 2.23. The number of nitrogens with two attached hydrogens (primary N) is 1. The number of nitrogen functional groups attached to an aromatic ring is 1. The molecule has 3 N–H and O–H groups in total. The molecule has 0 unspecified atom stereocenters. The predicted molar refractivity (Wildman–Crippen MR) is 57.9 cm³/mol. The Morgan fingerprint density at radius 3 is 2.38 bits per heavy atom. The van der Waals surface area contributed by atoms with Crippen LogP contribution >= 0.6 is 0 Å². The molecular formula is C11H12N2. The summed E-state index contributed by atoms with van der Waals surface area (Å²) in [6.45, 7) is 0. The molecule has 0 fully saturated rings. The quantitative estimate of drug-likeness (QED) is 0.648. The number of fused-ring (bicyclic) bond motifs is 1. The third-order valence-electron chi connectivity index (χ3n) is 2.23. The molecule has 2 aromatic rings. The van der Waals surface area contributed by atoms with Gasteiger partial charge in [-0.15, -0.1) is 0 Å². The summed E-state index contributed by atoms with van der Waals surface area (Å²) in [4.78, 5) is 0. The van der Waals surface area contributed by atoms with E-state index < -0.39 is 0 Å². The van der Waals surface area contributed by atoms with Crippen molar-refractivity contribution in [2.75, 3.05) is 18.1 Å². The van der Waals surface area contributed by atoms with Gasteiger partial charge >= 0.3 is 0 Å². The lowest BCUT2D eigenvalue weighted by Gasteiger charge is -2.07. The zero-order chi connectivity index (χ0) is 9.26. The maximum Gasteiger partial charge on any atom is 0.0418 e. The first kappa shape index (κ1) is 7.92. The SMILES string of the molecule is CNc1ccc(N)c2ccccc12. The van der Waals surface area contributed by atoms with Crippen molar-refractivity contribution in [2.45, 2.75) is 0 Å². The summed E-state index contributed by atoms with van der Waals surface area (Å²) in [5.74, 6) is 0. The van der Waals surface area contributed by atoms with Crippen LogP contribution in [-0.2, 0) is 0 Å². The molecule has 0 amide bonds. The average molecular weight is 172 g/mol. The van der Waals surface area contributed by atoms with Crippen molar-refractivity contribution in [1.82, 2.24) is 0 Å². The largest absolute Gasteiger partial charge is 0.398 e. The van der Waals surface area contributed by atoms with Crippen LogP contribution in [-0.4, -0.2) is 7.05 Å². The van der Waals surface area contributed by atoms with Crippen LogP contribution < -0.4 is 11.1 Å². The van der Waals surface area contributed by atoms with Crippen LogP contribution in [0, 0.1) is 0 Å². The van der Waals surface area contributed by atoms with E-state index in [9.17, 15) is 0 Å². The summed E-state index contributed by atoms with van der Waals surface area (Å²) < 4.78 is 0. The Hall–Kier alpha value is -1.70. The second-order valence-corrected chi connectivity index (χ2v) is 3.00. The molecule has 13 heavy (non-hydrogen) atoms. The van der Waals surface area contributed by atoms with Crippen LogP contribution in [0.5, 0.6) is 0 Å². The molecule has 0 atom stereocenters. The molecule has 0 saturated carbocycles. The van der Waals surface area contributed by atoms with Crippen LogP contribution in [0.3, 0.4) is 0 Å². The van der Waals surface area contributed by atoms with Crippen LogP contribution in [0.15, 0.2) is 36.4 Å². The second kappa shape index (κ2) is 2.98. The minimum Gasteiger partial charge on any atom is -0.398 e. The van der Waals surface area contributed by atoms with Crippen molar-refractivity contribution >= 4 is 22.1 Å². The zero-order valence-electron chi connectivity index (χ0n) is 7.54. The minimum absolute atomic E-state index is 0.828. The highest BCUT2D eigenvalue weighted by Gasteiger charge is 2.00.